The topological polar surface area (TPSA) is 224 Å². The number of rotatable bonds is 14. The summed E-state index contributed by atoms with van der Waals surface area (Å²) in [5, 5.41) is 18.2. The lowest BCUT2D eigenvalue weighted by Gasteiger charge is -2.24. The van der Waals surface area contributed by atoms with Crippen molar-refractivity contribution in [3.05, 3.63) is 72.5 Å². The van der Waals surface area contributed by atoms with Gasteiger partial charge >= 0.3 is 5.97 Å². The standard InChI is InChI=1S/C26H31N9O5S/c27-18(5-14-8-30-19-4-2-1-3-17(14)19)23(36)33-20(6-15-9-28-12-31-15)24(37)35-22(11-41)25(38)34-21(26(39)40)7-16-10-29-13-32-16/h1-4,8-10,12-13,18,20-22,30,41H,5-7,11,27H2,(H,28,31)(H,29,32)(H,33,36)(H,34,38)(H,35,37)(H,39,40). The average molecular weight is 582 g/mol. The quantitative estimate of drug-likeness (QED) is 0.0875. The van der Waals surface area contributed by atoms with Gasteiger partial charge in [0.05, 0.1) is 18.7 Å². The molecular formula is C26H31N9O5S. The Hall–Kier alpha value is -4.63. The summed E-state index contributed by atoms with van der Waals surface area (Å²) in [4.78, 5) is 67.7. The summed E-state index contributed by atoms with van der Waals surface area (Å²) < 4.78 is 0. The number of para-hydroxylation sites is 1. The van der Waals surface area contributed by atoms with Crippen LogP contribution in [0.1, 0.15) is 17.0 Å². The molecule has 0 saturated carbocycles. The largest absolute Gasteiger partial charge is 0.480 e. The number of carboxylic acids is 1. The van der Waals surface area contributed by atoms with E-state index >= 15 is 0 Å². The molecular weight excluding hydrogens is 550 g/mol. The number of nitrogens with zero attached hydrogens (tertiary/aromatic N) is 2. The highest BCUT2D eigenvalue weighted by Crippen LogP contribution is 2.19. The van der Waals surface area contributed by atoms with Gasteiger partial charge in [-0.25, -0.2) is 14.8 Å². The molecule has 14 nitrogen and oxygen atoms in total. The molecule has 3 amide bonds. The predicted molar refractivity (Wildman–Crippen MR) is 152 cm³/mol. The molecule has 4 rings (SSSR count). The number of benzene rings is 1. The van der Waals surface area contributed by atoms with Crippen LogP contribution in [0.15, 0.2) is 55.5 Å². The van der Waals surface area contributed by atoms with E-state index in [1.54, 1.807) is 6.20 Å². The van der Waals surface area contributed by atoms with Gasteiger partial charge < -0.3 is 41.7 Å². The van der Waals surface area contributed by atoms with Crippen LogP contribution in [0, 0.1) is 0 Å². The van der Waals surface area contributed by atoms with Gasteiger partial charge in [0.15, 0.2) is 0 Å². The summed E-state index contributed by atoms with van der Waals surface area (Å²) in [7, 11) is 0. The van der Waals surface area contributed by atoms with Crippen molar-refractivity contribution in [2.75, 3.05) is 5.75 Å². The highest BCUT2D eigenvalue weighted by atomic mass is 32.1. The summed E-state index contributed by atoms with van der Waals surface area (Å²) in [5.74, 6) is -3.37. The van der Waals surface area contributed by atoms with E-state index in [1.807, 2.05) is 24.3 Å². The molecule has 4 atom stereocenters. The number of fused-ring (bicyclic) bond motifs is 1. The number of hydrogen-bond donors (Lipinski definition) is 9. The van der Waals surface area contributed by atoms with Crippen molar-refractivity contribution in [3.8, 4) is 0 Å². The van der Waals surface area contributed by atoms with E-state index in [-0.39, 0.29) is 25.0 Å². The van der Waals surface area contributed by atoms with Crippen molar-refractivity contribution >= 4 is 47.2 Å². The summed E-state index contributed by atoms with van der Waals surface area (Å²) >= 11 is 4.17. The first-order valence-corrected chi connectivity index (χ1v) is 13.4. The van der Waals surface area contributed by atoms with Gasteiger partial charge in [0, 0.05) is 59.5 Å². The van der Waals surface area contributed by atoms with E-state index in [1.165, 1.54) is 25.0 Å². The number of nitrogens with two attached hydrogens (primary N) is 1. The molecule has 0 bridgehead atoms. The predicted octanol–water partition coefficient (Wildman–Crippen LogP) is -0.562. The van der Waals surface area contributed by atoms with Gasteiger partial charge in [-0.05, 0) is 18.1 Å². The third-order valence-corrected chi connectivity index (χ3v) is 6.84. The number of thiol groups is 1. The smallest absolute Gasteiger partial charge is 0.326 e. The summed E-state index contributed by atoms with van der Waals surface area (Å²) in [5.41, 5.74) is 9.06. The number of nitrogens with one attached hydrogen (secondary N) is 6. The molecule has 4 unspecified atom stereocenters. The van der Waals surface area contributed by atoms with Crippen LogP contribution < -0.4 is 21.7 Å². The van der Waals surface area contributed by atoms with Crippen molar-refractivity contribution in [2.45, 2.75) is 43.4 Å². The Morgan fingerprint density at radius 3 is 2.02 bits per heavy atom. The van der Waals surface area contributed by atoms with E-state index in [0.717, 1.165) is 16.5 Å². The van der Waals surface area contributed by atoms with Crippen molar-refractivity contribution in [1.82, 2.24) is 40.9 Å². The Bertz CT molecular complexity index is 1470. The maximum absolute atomic E-state index is 13.3. The summed E-state index contributed by atoms with van der Waals surface area (Å²) in [6, 6.07) is 3.08. The van der Waals surface area contributed by atoms with Crippen LogP contribution in [-0.2, 0) is 38.4 Å². The van der Waals surface area contributed by atoms with Gasteiger partial charge in [0.25, 0.3) is 0 Å². The fraction of sp³-hybridized carbons (Fsp3) is 0.308. The molecule has 0 spiro atoms. The molecule has 4 aromatic rings. The molecule has 1 aromatic carbocycles. The van der Waals surface area contributed by atoms with Crippen molar-refractivity contribution in [1.29, 1.82) is 0 Å². The van der Waals surface area contributed by atoms with Crippen molar-refractivity contribution in [2.24, 2.45) is 5.73 Å². The van der Waals surface area contributed by atoms with Crippen LogP contribution in [0.2, 0.25) is 0 Å². The minimum Gasteiger partial charge on any atom is -0.480 e. The molecule has 3 heterocycles. The molecule has 15 heteroatoms. The molecule has 0 saturated heterocycles. The first kappa shape index (κ1) is 29.4. The number of hydrogen-bond acceptors (Lipinski definition) is 8. The van der Waals surface area contributed by atoms with Crippen LogP contribution in [-0.4, -0.2) is 83.6 Å². The van der Waals surface area contributed by atoms with E-state index < -0.39 is 47.9 Å². The number of imidazole rings is 2. The zero-order valence-corrected chi connectivity index (χ0v) is 22.7. The van der Waals surface area contributed by atoms with Gasteiger partial charge in [-0.1, -0.05) is 18.2 Å². The Balaban J connectivity index is 1.42. The first-order valence-electron chi connectivity index (χ1n) is 12.7. The minimum atomic E-state index is -1.27. The monoisotopic (exact) mass is 581 g/mol. The molecule has 216 valence electrons. The Morgan fingerprint density at radius 1 is 0.829 bits per heavy atom. The van der Waals surface area contributed by atoms with Gasteiger partial charge in [-0.3, -0.25) is 14.4 Å². The molecule has 0 fully saturated rings. The number of aromatic nitrogens is 5. The maximum Gasteiger partial charge on any atom is 0.326 e. The van der Waals surface area contributed by atoms with Gasteiger partial charge in [0.2, 0.25) is 17.7 Å². The molecule has 0 aliphatic rings. The van der Waals surface area contributed by atoms with E-state index in [2.05, 4.69) is 53.5 Å². The Morgan fingerprint density at radius 2 is 1.41 bits per heavy atom. The van der Waals surface area contributed by atoms with Crippen molar-refractivity contribution in [3.63, 3.8) is 0 Å². The number of carboxylic acid groups (broad SMARTS) is 1. The number of amides is 3. The van der Waals surface area contributed by atoms with Crippen LogP contribution in [0.3, 0.4) is 0 Å². The lowest BCUT2D eigenvalue weighted by atomic mass is 10.0. The van der Waals surface area contributed by atoms with Crippen molar-refractivity contribution < 1.29 is 24.3 Å². The molecule has 0 aliphatic heterocycles. The lowest BCUT2D eigenvalue weighted by molar-refractivity contribution is -0.142. The number of carbonyl (C=O) groups excluding carboxylic acids is 3. The number of aliphatic carboxylic acids is 1. The number of carbonyl (C=O) groups is 4. The molecule has 41 heavy (non-hydrogen) atoms. The highest BCUT2D eigenvalue weighted by Gasteiger charge is 2.30. The van der Waals surface area contributed by atoms with Crippen LogP contribution >= 0.6 is 12.6 Å². The van der Waals surface area contributed by atoms with Crippen LogP contribution in [0.4, 0.5) is 0 Å². The summed E-state index contributed by atoms with van der Waals surface area (Å²) in [6.07, 6.45) is 7.80. The third-order valence-electron chi connectivity index (χ3n) is 6.47. The fourth-order valence-electron chi connectivity index (χ4n) is 4.29. The molecule has 3 aromatic heterocycles. The highest BCUT2D eigenvalue weighted by molar-refractivity contribution is 7.80. The zero-order chi connectivity index (χ0) is 29.4. The molecule has 0 radical (unpaired) electrons. The van der Waals surface area contributed by atoms with Gasteiger partial charge in [-0.15, -0.1) is 0 Å². The number of H-pyrrole nitrogens is 3. The van der Waals surface area contributed by atoms with Crippen LogP contribution in [0.25, 0.3) is 10.9 Å². The lowest BCUT2D eigenvalue weighted by Crippen LogP contribution is -2.58. The second-order valence-electron chi connectivity index (χ2n) is 9.44. The Kier molecular flexibility index (Phi) is 9.76. The van der Waals surface area contributed by atoms with E-state index in [9.17, 15) is 24.3 Å². The molecule has 9 N–H and O–H groups in total. The first-order chi connectivity index (χ1) is 19.7. The zero-order valence-electron chi connectivity index (χ0n) is 21.8. The second kappa shape index (κ2) is 13.6. The summed E-state index contributed by atoms with van der Waals surface area (Å²) in [6.45, 7) is 0. The fourth-order valence-corrected chi connectivity index (χ4v) is 4.55. The third kappa shape index (κ3) is 7.73. The van der Waals surface area contributed by atoms with Gasteiger partial charge in [0.1, 0.15) is 18.1 Å². The number of aromatic amines is 3. The van der Waals surface area contributed by atoms with Gasteiger partial charge in [-0.2, -0.15) is 12.6 Å². The minimum absolute atomic E-state index is 0.0376. The maximum atomic E-state index is 13.3. The van der Waals surface area contributed by atoms with E-state index in [4.69, 9.17) is 5.73 Å². The second-order valence-corrected chi connectivity index (χ2v) is 9.80. The normalized spacial score (nSPS) is 14.1. The van der Waals surface area contributed by atoms with E-state index in [0.29, 0.717) is 11.4 Å². The Labute approximate surface area is 239 Å². The molecule has 0 aliphatic carbocycles. The van der Waals surface area contributed by atoms with Crippen LogP contribution in [0.5, 0.6) is 0 Å². The SMILES string of the molecule is NC(Cc1c[nH]c2ccccc12)C(=O)NC(Cc1cnc[nH]1)C(=O)NC(CS)C(=O)NC(Cc1cnc[nH]1)C(=O)O. The average Bonchev–Trinajstić information content (AvgIpc) is 3.74.